The Hall–Kier alpha value is -1.15. The van der Waals surface area contributed by atoms with Crippen LogP contribution in [0.25, 0.3) is 0 Å². The largest absolute Gasteiger partial charge is 0.493 e. The van der Waals surface area contributed by atoms with Crippen molar-refractivity contribution in [1.82, 2.24) is 0 Å². The predicted molar refractivity (Wildman–Crippen MR) is 87.1 cm³/mol. The number of hydrogen-bond donors (Lipinski definition) is 1. The zero-order chi connectivity index (χ0) is 16.7. The maximum Gasteiger partial charge on any atom is 0.302 e. The number of rotatable bonds is 8. The molecule has 1 unspecified atom stereocenters. The van der Waals surface area contributed by atoms with E-state index in [-0.39, 0.29) is 12.2 Å². The van der Waals surface area contributed by atoms with E-state index in [0.29, 0.717) is 18.1 Å². The molecule has 7 heteroatoms. The van der Waals surface area contributed by atoms with Gasteiger partial charge >= 0.3 is 11.4 Å². The van der Waals surface area contributed by atoms with E-state index in [1.54, 1.807) is 14.2 Å². The van der Waals surface area contributed by atoms with E-state index in [4.69, 9.17) is 22.9 Å². The Bertz CT molecular complexity index is 521. The zero-order valence-corrected chi connectivity index (χ0v) is 14.3. The molecule has 6 nitrogen and oxygen atoms in total. The van der Waals surface area contributed by atoms with Crippen LogP contribution < -0.4 is 9.47 Å². The number of hydrogen-bond acceptors (Lipinski definition) is 5. The van der Waals surface area contributed by atoms with Crippen LogP contribution in [0.3, 0.4) is 0 Å². The minimum atomic E-state index is -2.24. The Labute approximate surface area is 139 Å². The second kappa shape index (κ2) is 9.22. The second-order valence-electron chi connectivity index (χ2n) is 5.48. The molecule has 1 N–H and O–H groups in total. The molecular formula is C16H24O6S. The van der Waals surface area contributed by atoms with Gasteiger partial charge in [-0.3, -0.25) is 8.74 Å². The minimum absolute atomic E-state index is 0.125. The van der Waals surface area contributed by atoms with E-state index < -0.39 is 11.4 Å². The lowest BCUT2D eigenvalue weighted by Crippen LogP contribution is -2.35. The van der Waals surface area contributed by atoms with Gasteiger partial charge in [0.2, 0.25) is 0 Å². The van der Waals surface area contributed by atoms with Gasteiger partial charge in [0.25, 0.3) is 0 Å². The lowest BCUT2D eigenvalue weighted by atomic mass is 9.95. The maximum absolute atomic E-state index is 10.8. The fraction of sp³-hybridized carbons (Fsp3) is 0.625. The summed E-state index contributed by atoms with van der Waals surface area (Å²) < 4.78 is 41.2. The first-order valence-electron chi connectivity index (χ1n) is 7.74. The highest BCUT2D eigenvalue weighted by molar-refractivity contribution is 7.74. The Kier molecular flexibility index (Phi) is 7.29. The van der Waals surface area contributed by atoms with Gasteiger partial charge in [-0.05, 0) is 37.0 Å². The molecule has 0 saturated heterocycles. The Balaban J connectivity index is 1.86. The van der Waals surface area contributed by atoms with Gasteiger partial charge in [-0.1, -0.05) is 18.9 Å². The van der Waals surface area contributed by atoms with Crippen molar-refractivity contribution in [3.8, 4) is 11.5 Å². The summed E-state index contributed by atoms with van der Waals surface area (Å²) in [5, 5.41) is 0. The third-order valence-corrected chi connectivity index (χ3v) is 4.43. The molecule has 1 fully saturated rings. The quantitative estimate of drug-likeness (QED) is 0.731. The standard InChI is InChI=1S/C16H24O6S/c1-19-13-8-7-12(11-16(13)20-2)9-10-21-14-5-3-4-6-15(14)22-23(17)18/h7-8,11,14-15H,3-6,9-10H2,1-2H3,(H,17,18)/t14-,15+/m1/s1. The Morgan fingerprint density at radius 2 is 1.83 bits per heavy atom. The first-order valence-corrected chi connectivity index (χ1v) is 8.77. The van der Waals surface area contributed by atoms with Crippen molar-refractivity contribution >= 4 is 11.4 Å². The molecule has 0 bridgehead atoms. The maximum atomic E-state index is 10.8. The Morgan fingerprint density at radius 1 is 1.13 bits per heavy atom. The topological polar surface area (TPSA) is 74.2 Å². The molecule has 3 atom stereocenters. The summed E-state index contributed by atoms with van der Waals surface area (Å²) in [6.45, 7) is 0.526. The molecule has 2 rings (SSSR count). The van der Waals surface area contributed by atoms with Gasteiger partial charge < -0.3 is 14.2 Å². The lowest BCUT2D eigenvalue weighted by molar-refractivity contribution is -0.0444. The fourth-order valence-corrected chi connectivity index (χ4v) is 3.27. The van der Waals surface area contributed by atoms with Crippen LogP contribution in [-0.2, 0) is 26.7 Å². The van der Waals surface area contributed by atoms with Crippen molar-refractivity contribution in [2.45, 2.75) is 44.3 Å². The summed E-state index contributed by atoms with van der Waals surface area (Å²) in [6.07, 6.45) is 3.96. The molecular weight excluding hydrogens is 320 g/mol. The third kappa shape index (κ3) is 5.46. The van der Waals surface area contributed by atoms with Crippen molar-refractivity contribution in [3.05, 3.63) is 23.8 Å². The summed E-state index contributed by atoms with van der Waals surface area (Å²) in [5.41, 5.74) is 1.08. The van der Waals surface area contributed by atoms with Gasteiger partial charge in [0.05, 0.1) is 26.9 Å². The normalized spacial score (nSPS) is 22.6. The molecule has 0 aromatic heterocycles. The van der Waals surface area contributed by atoms with Crippen molar-refractivity contribution in [2.75, 3.05) is 20.8 Å². The van der Waals surface area contributed by atoms with E-state index >= 15 is 0 Å². The summed E-state index contributed by atoms with van der Waals surface area (Å²) in [4.78, 5) is 0. The van der Waals surface area contributed by atoms with E-state index in [2.05, 4.69) is 0 Å². The van der Waals surface area contributed by atoms with Gasteiger partial charge in [0.1, 0.15) is 6.10 Å². The van der Waals surface area contributed by atoms with Crippen LogP contribution in [0.2, 0.25) is 0 Å². The molecule has 1 aromatic carbocycles. The zero-order valence-electron chi connectivity index (χ0n) is 13.5. The van der Waals surface area contributed by atoms with Gasteiger partial charge in [-0.25, -0.2) is 0 Å². The van der Waals surface area contributed by atoms with Gasteiger partial charge in [-0.2, -0.15) is 4.21 Å². The summed E-state index contributed by atoms with van der Waals surface area (Å²) in [5.74, 6) is 1.39. The lowest BCUT2D eigenvalue weighted by Gasteiger charge is -2.29. The molecule has 23 heavy (non-hydrogen) atoms. The number of ether oxygens (including phenoxy) is 3. The van der Waals surface area contributed by atoms with Crippen molar-refractivity contribution < 1.29 is 27.2 Å². The smallest absolute Gasteiger partial charge is 0.302 e. The highest BCUT2D eigenvalue weighted by atomic mass is 32.2. The van der Waals surface area contributed by atoms with Gasteiger partial charge in [-0.15, -0.1) is 0 Å². The van der Waals surface area contributed by atoms with Crippen LogP contribution in [0.1, 0.15) is 31.2 Å². The highest BCUT2D eigenvalue weighted by Gasteiger charge is 2.28. The van der Waals surface area contributed by atoms with Crippen LogP contribution in [0, 0.1) is 0 Å². The van der Waals surface area contributed by atoms with E-state index in [0.717, 1.165) is 37.7 Å². The van der Waals surface area contributed by atoms with Crippen LogP contribution in [-0.4, -0.2) is 41.8 Å². The SMILES string of the molecule is COc1ccc(CCO[C@@H]2CCCC[C@@H]2OS(=O)O)cc1OC. The number of benzene rings is 1. The van der Waals surface area contributed by atoms with Crippen molar-refractivity contribution in [1.29, 1.82) is 0 Å². The fourth-order valence-electron chi connectivity index (χ4n) is 2.83. The molecule has 0 amide bonds. The van der Waals surface area contributed by atoms with Crippen LogP contribution in [0.5, 0.6) is 11.5 Å². The summed E-state index contributed by atoms with van der Waals surface area (Å²) in [7, 11) is 3.21. The molecule has 1 aliphatic rings. The van der Waals surface area contributed by atoms with E-state index in [1.165, 1.54) is 0 Å². The molecule has 0 radical (unpaired) electrons. The molecule has 0 heterocycles. The van der Waals surface area contributed by atoms with Crippen LogP contribution in [0.15, 0.2) is 18.2 Å². The average molecular weight is 344 g/mol. The first kappa shape index (κ1) is 18.2. The Morgan fingerprint density at radius 3 is 2.48 bits per heavy atom. The van der Waals surface area contributed by atoms with Crippen molar-refractivity contribution in [3.63, 3.8) is 0 Å². The van der Waals surface area contributed by atoms with E-state index in [9.17, 15) is 4.21 Å². The highest BCUT2D eigenvalue weighted by Crippen LogP contribution is 2.28. The minimum Gasteiger partial charge on any atom is -0.493 e. The molecule has 0 spiro atoms. The van der Waals surface area contributed by atoms with Gasteiger partial charge in [0.15, 0.2) is 11.5 Å². The monoisotopic (exact) mass is 344 g/mol. The average Bonchev–Trinajstić information content (AvgIpc) is 2.55. The molecule has 0 aliphatic heterocycles. The molecule has 1 saturated carbocycles. The summed E-state index contributed by atoms with van der Waals surface area (Å²) >= 11 is -2.24. The van der Waals surface area contributed by atoms with Crippen LogP contribution >= 0.6 is 0 Å². The third-order valence-electron chi connectivity index (χ3n) is 4.02. The predicted octanol–water partition coefficient (Wildman–Crippen LogP) is 2.73. The summed E-state index contributed by atoms with van der Waals surface area (Å²) in [6, 6.07) is 5.78. The van der Waals surface area contributed by atoms with Crippen LogP contribution in [0.4, 0.5) is 0 Å². The first-order chi connectivity index (χ1) is 11.1. The van der Waals surface area contributed by atoms with Gasteiger partial charge in [0, 0.05) is 0 Å². The second-order valence-corrected chi connectivity index (χ2v) is 6.11. The molecule has 1 aromatic rings. The molecule has 1 aliphatic carbocycles. The molecule has 130 valence electrons. The van der Waals surface area contributed by atoms with Crippen molar-refractivity contribution in [2.24, 2.45) is 0 Å². The van der Waals surface area contributed by atoms with E-state index in [1.807, 2.05) is 18.2 Å². The number of methoxy groups -OCH3 is 2.